The first-order valence-electron chi connectivity index (χ1n) is 7.01. The zero-order chi connectivity index (χ0) is 15.5. The number of fused-ring (bicyclic) bond motifs is 1. The zero-order valence-electron chi connectivity index (χ0n) is 12.5. The second-order valence-electron chi connectivity index (χ2n) is 5.00. The Hall–Kier alpha value is -2.89. The maximum atomic E-state index is 11.6. The summed E-state index contributed by atoms with van der Waals surface area (Å²) in [5.41, 5.74) is 2.63. The fourth-order valence-electron chi connectivity index (χ4n) is 2.30. The van der Waals surface area contributed by atoms with Gasteiger partial charge in [-0.1, -0.05) is 30.3 Å². The molecule has 1 N–H and O–H groups in total. The summed E-state index contributed by atoms with van der Waals surface area (Å²) in [6, 6.07) is 13.7. The molecule has 3 aromatic rings. The number of hydrogen-bond acceptors (Lipinski definition) is 4. The number of anilines is 1. The van der Waals surface area contributed by atoms with Crippen LogP contribution < -0.4 is 10.2 Å². The lowest BCUT2D eigenvalue weighted by Crippen LogP contribution is -2.34. The van der Waals surface area contributed by atoms with E-state index in [1.54, 1.807) is 17.8 Å². The Labute approximate surface area is 128 Å². The maximum Gasteiger partial charge on any atom is 0.239 e. The number of amides is 1. The van der Waals surface area contributed by atoms with Crippen LogP contribution in [0, 0.1) is 0 Å². The van der Waals surface area contributed by atoms with Crippen LogP contribution in [0.1, 0.15) is 0 Å². The third kappa shape index (κ3) is 2.63. The van der Waals surface area contributed by atoms with Crippen LogP contribution in [0.3, 0.4) is 0 Å². The number of benzene rings is 1. The monoisotopic (exact) mass is 295 g/mol. The third-order valence-electron chi connectivity index (χ3n) is 3.46. The van der Waals surface area contributed by atoms with E-state index < -0.39 is 0 Å². The number of carbonyl (C=O) groups excluding carboxylic acids is 1. The Kier molecular flexibility index (Phi) is 3.74. The van der Waals surface area contributed by atoms with Gasteiger partial charge in [0.05, 0.1) is 18.4 Å². The van der Waals surface area contributed by atoms with Gasteiger partial charge in [-0.15, -0.1) is 0 Å². The fourth-order valence-corrected chi connectivity index (χ4v) is 2.30. The van der Waals surface area contributed by atoms with E-state index in [1.807, 2.05) is 54.4 Å². The van der Waals surface area contributed by atoms with Crippen molar-refractivity contribution in [1.29, 1.82) is 0 Å². The highest BCUT2D eigenvalue weighted by Gasteiger charge is 2.13. The van der Waals surface area contributed by atoms with Gasteiger partial charge in [0.2, 0.25) is 5.91 Å². The molecule has 6 nitrogen and oxygen atoms in total. The zero-order valence-corrected chi connectivity index (χ0v) is 12.5. The first kappa shape index (κ1) is 14.1. The molecule has 1 amide bonds. The molecule has 0 atom stereocenters. The smallest absolute Gasteiger partial charge is 0.239 e. The molecular formula is C16H17N5O. The number of nitrogens with one attached hydrogen (secondary N) is 1. The van der Waals surface area contributed by atoms with Crippen LogP contribution >= 0.6 is 0 Å². The van der Waals surface area contributed by atoms with Gasteiger partial charge in [-0.25, -0.2) is 4.98 Å². The summed E-state index contributed by atoms with van der Waals surface area (Å²) < 4.78 is 1.73. The van der Waals surface area contributed by atoms with Crippen molar-refractivity contribution in [1.82, 2.24) is 19.9 Å². The van der Waals surface area contributed by atoms with Crippen LogP contribution in [0.15, 0.2) is 48.7 Å². The lowest BCUT2D eigenvalue weighted by Gasteiger charge is -2.19. The molecule has 1 aromatic carbocycles. The van der Waals surface area contributed by atoms with Gasteiger partial charge in [0.25, 0.3) is 0 Å². The van der Waals surface area contributed by atoms with Crippen LogP contribution in [0.5, 0.6) is 0 Å². The Bertz CT molecular complexity index is 797. The van der Waals surface area contributed by atoms with E-state index in [0.29, 0.717) is 0 Å². The topological polar surface area (TPSA) is 62.5 Å². The average Bonchev–Trinajstić information content (AvgIpc) is 3.03. The SMILES string of the molecule is CNC(=O)CN(C)c1cc(-c2ccccc2)nc2ccnn12. The van der Waals surface area contributed by atoms with Crippen molar-refractivity contribution in [3.05, 3.63) is 48.7 Å². The highest BCUT2D eigenvalue weighted by Crippen LogP contribution is 2.23. The van der Waals surface area contributed by atoms with Crippen LogP contribution in [-0.2, 0) is 4.79 Å². The second kappa shape index (κ2) is 5.85. The summed E-state index contributed by atoms with van der Waals surface area (Å²) in [5.74, 6) is 0.762. The molecule has 0 aliphatic heterocycles. The van der Waals surface area contributed by atoms with Gasteiger partial charge in [0.15, 0.2) is 5.65 Å². The van der Waals surface area contributed by atoms with Crippen LogP contribution in [0.2, 0.25) is 0 Å². The molecule has 0 aliphatic rings. The lowest BCUT2D eigenvalue weighted by atomic mass is 10.1. The van der Waals surface area contributed by atoms with Gasteiger partial charge < -0.3 is 10.2 Å². The van der Waals surface area contributed by atoms with Gasteiger partial charge in [0.1, 0.15) is 5.82 Å². The third-order valence-corrected chi connectivity index (χ3v) is 3.46. The Morgan fingerprint density at radius 3 is 2.77 bits per heavy atom. The van der Waals surface area contributed by atoms with E-state index in [1.165, 1.54) is 0 Å². The minimum absolute atomic E-state index is 0.0547. The summed E-state index contributed by atoms with van der Waals surface area (Å²) in [5, 5.41) is 6.92. The molecule has 2 aromatic heterocycles. The van der Waals surface area contributed by atoms with Gasteiger partial charge in [0, 0.05) is 31.8 Å². The van der Waals surface area contributed by atoms with Crippen molar-refractivity contribution in [2.24, 2.45) is 0 Å². The molecular weight excluding hydrogens is 278 g/mol. The van der Waals surface area contributed by atoms with Gasteiger partial charge >= 0.3 is 0 Å². The standard InChI is InChI=1S/C16H17N5O/c1-17-15(22)11-20(2)16-10-13(12-6-4-3-5-7-12)19-14-8-9-18-21(14)16/h3-10H,11H2,1-2H3,(H,17,22). The first-order valence-corrected chi connectivity index (χ1v) is 7.01. The quantitative estimate of drug-likeness (QED) is 0.794. The highest BCUT2D eigenvalue weighted by molar-refractivity contribution is 5.81. The number of likely N-dealkylation sites (N-methyl/N-ethyl adjacent to an activating group) is 2. The molecule has 0 spiro atoms. The predicted molar refractivity (Wildman–Crippen MR) is 85.8 cm³/mol. The predicted octanol–water partition coefficient (Wildman–Crippen LogP) is 1.58. The van der Waals surface area contributed by atoms with Gasteiger partial charge in [-0.2, -0.15) is 9.61 Å². The maximum absolute atomic E-state index is 11.6. The number of nitrogens with zero attached hydrogens (tertiary/aromatic N) is 4. The van der Waals surface area contributed by atoms with Crippen LogP contribution in [0.25, 0.3) is 16.9 Å². The summed E-state index contributed by atoms with van der Waals surface area (Å²) in [6.45, 7) is 0.254. The van der Waals surface area contributed by atoms with E-state index in [9.17, 15) is 4.79 Å². The molecule has 2 heterocycles. The summed E-state index contributed by atoms with van der Waals surface area (Å²) in [6.07, 6.45) is 1.70. The molecule has 112 valence electrons. The highest BCUT2D eigenvalue weighted by atomic mass is 16.1. The minimum Gasteiger partial charge on any atom is -0.358 e. The van der Waals surface area contributed by atoms with Crippen molar-refractivity contribution in [3.63, 3.8) is 0 Å². The molecule has 6 heteroatoms. The average molecular weight is 295 g/mol. The van der Waals surface area contributed by atoms with Gasteiger partial charge in [-0.3, -0.25) is 4.79 Å². The summed E-state index contributed by atoms with van der Waals surface area (Å²) in [4.78, 5) is 18.1. The molecule has 0 bridgehead atoms. The summed E-state index contributed by atoms with van der Waals surface area (Å²) >= 11 is 0. The Morgan fingerprint density at radius 2 is 2.05 bits per heavy atom. The normalized spacial score (nSPS) is 10.6. The van der Waals surface area contributed by atoms with Crippen molar-refractivity contribution in [3.8, 4) is 11.3 Å². The Balaban J connectivity index is 2.08. The van der Waals surface area contributed by atoms with Crippen molar-refractivity contribution in [2.75, 3.05) is 25.5 Å². The fraction of sp³-hybridized carbons (Fsp3) is 0.188. The Morgan fingerprint density at radius 1 is 1.27 bits per heavy atom. The number of aromatic nitrogens is 3. The molecule has 3 rings (SSSR count). The van der Waals surface area contributed by atoms with E-state index >= 15 is 0 Å². The van der Waals surface area contributed by atoms with E-state index in [2.05, 4.69) is 15.4 Å². The van der Waals surface area contributed by atoms with E-state index in [-0.39, 0.29) is 12.5 Å². The van der Waals surface area contributed by atoms with Crippen LogP contribution in [-0.4, -0.2) is 41.1 Å². The summed E-state index contributed by atoms with van der Waals surface area (Å²) in [7, 11) is 3.49. The molecule has 0 aliphatic carbocycles. The van der Waals surface area contributed by atoms with Gasteiger partial charge in [-0.05, 0) is 0 Å². The van der Waals surface area contributed by atoms with Crippen molar-refractivity contribution < 1.29 is 4.79 Å². The van der Waals surface area contributed by atoms with Crippen molar-refractivity contribution >= 4 is 17.4 Å². The molecule has 0 radical (unpaired) electrons. The largest absolute Gasteiger partial charge is 0.358 e. The number of hydrogen-bond donors (Lipinski definition) is 1. The molecule has 0 saturated heterocycles. The first-order chi connectivity index (χ1) is 10.7. The van der Waals surface area contributed by atoms with E-state index in [4.69, 9.17) is 0 Å². The number of rotatable bonds is 4. The molecule has 0 saturated carbocycles. The van der Waals surface area contributed by atoms with Crippen molar-refractivity contribution in [2.45, 2.75) is 0 Å². The van der Waals surface area contributed by atoms with E-state index in [0.717, 1.165) is 22.7 Å². The molecule has 0 unspecified atom stereocenters. The lowest BCUT2D eigenvalue weighted by molar-refractivity contribution is -0.119. The number of carbonyl (C=O) groups is 1. The van der Waals surface area contributed by atoms with Crippen LogP contribution in [0.4, 0.5) is 5.82 Å². The second-order valence-corrected chi connectivity index (χ2v) is 5.00. The minimum atomic E-state index is -0.0547. The molecule has 0 fully saturated rings. The molecule has 22 heavy (non-hydrogen) atoms.